The predicted octanol–water partition coefficient (Wildman–Crippen LogP) is 3.16. The molecule has 0 saturated carbocycles. The van der Waals surface area contributed by atoms with Crippen molar-refractivity contribution in [3.05, 3.63) is 42.1 Å². The number of aliphatic hydroxyl groups excluding tert-OH is 1. The van der Waals surface area contributed by atoms with E-state index in [4.69, 9.17) is 0 Å². The Labute approximate surface area is 105 Å². The van der Waals surface area contributed by atoms with E-state index in [1.807, 2.05) is 42.1 Å². The number of hydrogen-bond donors (Lipinski definition) is 1. The largest absolute Gasteiger partial charge is 0.387 e. The van der Waals surface area contributed by atoms with Crippen LogP contribution in [0.2, 0.25) is 0 Å². The van der Waals surface area contributed by atoms with Crippen molar-refractivity contribution in [1.29, 1.82) is 0 Å². The minimum atomic E-state index is -0.388. The maximum absolute atomic E-state index is 10.5. The third-order valence-electron chi connectivity index (χ3n) is 3.30. The van der Waals surface area contributed by atoms with Gasteiger partial charge in [-0.25, -0.2) is 0 Å². The fourth-order valence-corrected chi connectivity index (χ4v) is 3.72. The van der Waals surface area contributed by atoms with Crippen LogP contribution in [0.1, 0.15) is 24.5 Å². The molecule has 1 fully saturated rings. The Hall–Kier alpha value is -1.06. The highest BCUT2D eigenvalue weighted by Crippen LogP contribution is 2.37. The molecule has 3 heteroatoms. The van der Waals surface area contributed by atoms with Crippen molar-refractivity contribution < 1.29 is 5.11 Å². The number of rotatable bonds is 2. The van der Waals surface area contributed by atoms with Crippen LogP contribution in [0.3, 0.4) is 0 Å². The molecule has 1 aromatic carbocycles. The van der Waals surface area contributed by atoms with E-state index in [1.54, 1.807) is 6.20 Å². The summed E-state index contributed by atoms with van der Waals surface area (Å²) in [6.07, 6.45) is 3.72. The Morgan fingerprint density at radius 3 is 3.00 bits per heavy atom. The summed E-state index contributed by atoms with van der Waals surface area (Å²) in [5, 5.41) is 11.9. The zero-order valence-corrected chi connectivity index (χ0v) is 10.4. The molecule has 1 N–H and O–H groups in total. The SMILES string of the molecule is OC(c1cccc2cccnc12)C1CCCS1. The first kappa shape index (κ1) is 11.1. The number of benzene rings is 1. The van der Waals surface area contributed by atoms with E-state index >= 15 is 0 Å². The Morgan fingerprint density at radius 2 is 2.18 bits per heavy atom. The maximum atomic E-state index is 10.5. The smallest absolute Gasteiger partial charge is 0.0929 e. The van der Waals surface area contributed by atoms with Crippen LogP contribution in [-0.4, -0.2) is 21.1 Å². The summed E-state index contributed by atoms with van der Waals surface area (Å²) in [6, 6.07) is 10.0. The van der Waals surface area contributed by atoms with Gasteiger partial charge in [-0.2, -0.15) is 11.8 Å². The predicted molar refractivity (Wildman–Crippen MR) is 72.2 cm³/mol. The first-order valence-corrected chi connectivity index (χ1v) is 7.04. The summed E-state index contributed by atoms with van der Waals surface area (Å²) in [5.74, 6) is 1.17. The lowest BCUT2D eigenvalue weighted by Gasteiger charge is -2.18. The number of aliphatic hydroxyl groups is 1. The van der Waals surface area contributed by atoms with Gasteiger partial charge in [0.2, 0.25) is 0 Å². The maximum Gasteiger partial charge on any atom is 0.0929 e. The summed E-state index contributed by atoms with van der Waals surface area (Å²) >= 11 is 1.88. The van der Waals surface area contributed by atoms with Crippen LogP contribution >= 0.6 is 11.8 Å². The second-order valence-electron chi connectivity index (χ2n) is 4.42. The molecule has 1 aliphatic rings. The van der Waals surface area contributed by atoms with Crippen molar-refractivity contribution in [3.63, 3.8) is 0 Å². The average Bonchev–Trinajstić information content (AvgIpc) is 2.91. The molecule has 1 aliphatic heterocycles. The molecule has 88 valence electrons. The molecule has 2 atom stereocenters. The molecule has 2 nitrogen and oxygen atoms in total. The monoisotopic (exact) mass is 245 g/mol. The van der Waals surface area contributed by atoms with Gasteiger partial charge in [0, 0.05) is 22.4 Å². The summed E-state index contributed by atoms with van der Waals surface area (Å²) in [7, 11) is 0. The van der Waals surface area contributed by atoms with Crippen molar-refractivity contribution in [2.75, 3.05) is 5.75 Å². The highest BCUT2D eigenvalue weighted by atomic mass is 32.2. The second kappa shape index (κ2) is 4.67. The van der Waals surface area contributed by atoms with Crippen LogP contribution in [0.4, 0.5) is 0 Å². The molecular weight excluding hydrogens is 230 g/mol. The molecule has 0 bridgehead atoms. The highest BCUT2D eigenvalue weighted by molar-refractivity contribution is 8.00. The number of fused-ring (bicyclic) bond motifs is 1. The molecule has 0 radical (unpaired) electrons. The van der Waals surface area contributed by atoms with E-state index in [1.165, 1.54) is 12.2 Å². The van der Waals surface area contributed by atoms with Crippen molar-refractivity contribution in [2.45, 2.75) is 24.2 Å². The fourth-order valence-electron chi connectivity index (χ4n) is 2.42. The van der Waals surface area contributed by atoms with E-state index in [-0.39, 0.29) is 6.10 Å². The number of aromatic nitrogens is 1. The summed E-state index contributed by atoms with van der Waals surface area (Å²) < 4.78 is 0. The fraction of sp³-hybridized carbons (Fsp3) is 0.357. The number of thioether (sulfide) groups is 1. The lowest BCUT2D eigenvalue weighted by atomic mass is 10.0. The first-order valence-electron chi connectivity index (χ1n) is 5.99. The molecule has 17 heavy (non-hydrogen) atoms. The lowest BCUT2D eigenvalue weighted by Crippen LogP contribution is -2.12. The average molecular weight is 245 g/mol. The Morgan fingerprint density at radius 1 is 1.29 bits per heavy atom. The molecule has 3 rings (SSSR count). The van der Waals surface area contributed by atoms with E-state index in [9.17, 15) is 5.11 Å². The van der Waals surface area contributed by atoms with Crippen molar-refractivity contribution >= 4 is 22.7 Å². The van der Waals surface area contributed by atoms with Crippen LogP contribution < -0.4 is 0 Å². The molecule has 2 heterocycles. The first-order chi connectivity index (χ1) is 8.36. The molecule has 0 spiro atoms. The molecule has 1 aromatic heterocycles. The third kappa shape index (κ3) is 2.05. The van der Waals surface area contributed by atoms with Crippen molar-refractivity contribution in [1.82, 2.24) is 4.98 Å². The quantitative estimate of drug-likeness (QED) is 0.882. The van der Waals surface area contributed by atoms with Crippen LogP contribution in [0.15, 0.2) is 36.5 Å². The van der Waals surface area contributed by atoms with E-state index < -0.39 is 0 Å². The van der Waals surface area contributed by atoms with Gasteiger partial charge in [-0.1, -0.05) is 24.3 Å². The minimum Gasteiger partial charge on any atom is -0.387 e. The van der Waals surface area contributed by atoms with Gasteiger partial charge in [-0.15, -0.1) is 0 Å². The second-order valence-corrected chi connectivity index (χ2v) is 5.77. The highest BCUT2D eigenvalue weighted by Gasteiger charge is 2.26. The molecular formula is C14H15NOS. The summed E-state index contributed by atoms with van der Waals surface area (Å²) in [5.41, 5.74) is 1.91. The van der Waals surface area contributed by atoms with Gasteiger partial charge in [0.1, 0.15) is 0 Å². The molecule has 1 saturated heterocycles. The van der Waals surface area contributed by atoms with E-state index in [0.717, 1.165) is 22.9 Å². The van der Waals surface area contributed by atoms with Gasteiger partial charge >= 0.3 is 0 Å². The summed E-state index contributed by atoms with van der Waals surface area (Å²) in [6.45, 7) is 0. The van der Waals surface area contributed by atoms with Crippen LogP contribution in [0, 0.1) is 0 Å². The van der Waals surface area contributed by atoms with E-state index in [2.05, 4.69) is 4.98 Å². The van der Waals surface area contributed by atoms with Gasteiger partial charge in [0.15, 0.2) is 0 Å². The van der Waals surface area contributed by atoms with Crippen molar-refractivity contribution in [2.24, 2.45) is 0 Å². The van der Waals surface area contributed by atoms with Gasteiger partial charge in [0.25, 0.3) is 0 Å². The number of pyridine rings is 1. The Balaban J connectivity index is 2.04. The number of nitrogens with zero attached hydrogens (tertiary/aromatic N) is 1. The zero-order chi connectivity index (χ0) is 11.7. The molecule has 2 aromatic rings. The molecule has 0 amide bonds. The van der Waals surface area contributed by atoms with Gasteiger partial charge in [0.05, 0.1) is 11.6 Å². The van der Waals surface area contributed by atoms with Crippen LogP contribution in [0.25, 0.3) is 10.9 Å². The van der Waals surface area contributed by atoms with Gasteiger partial charge in [-0.3, -0.25) is 4.98 Å². The van der Waals surface area contributed by atoms with E-state index in [0.29, 0.717) is 5.25 Å². The number of para-hydroxylation sites is 1. The Bertz CT molecular complexity index is 517. The standard InChI is InChI=1S/C14H15NOS/c16-14(12-7-3-9-17-12)11-6-1-4-10-5-2-8-15-13(10)11/h1-2,4-6,8,12,14,16H,3,7,9H2. The lowest BCUT2D eigenvalue weighted by molar-refractivity contribution is 0.174. The zero-order valence-electron chi connectivity index (χ0n) is 9.54. The van der Waals surface area contributed by atoms with Crippen LogP contribution in [-0.2, 0) is 0 Å². The summed E-state index contributed by atoms with van der Waals surface area (Å²) in [4.78, 5) is 4.40. The van der Waals surface area contributed by atoms with Gasteiger partial charge < -0.3 is 5.11 Å². The van der Waals surface area contributed by atoms with Crippen molar-refractivity contribution in [3.8, 4) is 0 Å². The number of hydrogen-bond acceptors (Lipinski definition) is 3. The van der Waals surface area contributed by atoms with Gasteiger partial charge in [-0.05, 0) is 24.7 Å². The van der Waals surface area contributed by atoms with Crippen LogP contribution in [0.5, 0.6) is 0 Å². The minimum absolute atomic E-state index is 0.336. The topological polar surface area (TPSA) is 33.1 Å². The third-order valence-corrected chi connectivity index (χ3v) is 4.75. The molecule has 0 aliphatic carbocycles. The molecule has 2 unspecified atom stereocenters. The Kier molecular flexibility index (Phi) is 3.04. The normalized spacial score (nSPS) is 21.8.